The highest BCUT2D eigenvalue weighted by Gasteiger charge is 2.30. The van der Waals surface area contributed by atoms with Crippen LogP contribution in [-0.2, 0) is 7.05 Å². The average Bonchev–Trinajstić information content (AvgIpc) is 3.48. The summed E-state index contributed by atoms with van der Waals surface area (Å²) in [6.07, 6.45) is 8.45. The number of allylic oxidation sites excluding steroid dienone is 2. The topological polar surface area (TPSA) is 43.9 Å². The van der Waals surface area contributed by atoms with Gasteiger partial charge in [0.05, 0.1) is 16.7 Å². The molecule has 4 nitrogen and oxygen atoms in total. The van der Waals surface area contributed by atoms with Crippen LogP contribution in [0.1, 0.15) is 52.7 Å². The van der Waals surface area contributed by atoms with Gasteiger partial charge in [-0.15, -0.1) is 0 Å². The predicted molar refractivity (Wildman–Crippen MR) is 132 cm³/mol. The van der Waals surface area contributed by atoms with Gasteiger partial charge in [-0.1, -0.05) is 42.1 Å². The number of nitrogens with zero attached hydrogens (tertiary/aromatic N) is 3. The van der Waals surface area contributed by atoms with Crippen LogP contribution >= 0.6 is 0 Å². The normalized spacial score (nSPS) is 14.0. The van der Waals surface area contributed by atoms with Crippen LogP contribution in [0.5, 0.6) is 0 Å². The molecule has 0 saturated heterocycles. The average molecular weight is 424 g/mol. The van der Waals surface area contributed by atoms with Crippen LogP contribution in [0.25, 0.3) is 39.4 Å². The second-order valence-corrected chi connectivity index (χ2v) is 8.98. The van der Waals surface area contributed by atoms with E-state index in [1.165, 1.54) is 52.0 Å². The van der Waals surface area contributed by atoms with Crippen LogP contribution in [0.4, 0.5) is 0 Å². The Morgan fingerprint density at radius 2 is 1.81 bits per heavy atom. The second kappa shape index (κ2) is 7.63. The largest absolute Gasteiger partial charge is 0.361 e. The minimum atomic E-state index is 0.571. The number of hydrogen-bond donors (Lipinski definition) is 0. The molecule has 0 unspecified atom stereocenters. The zero-order valence-electron chi connectivity index (χ0n) is 19.5. The first-order valence-corrected chi connectivity index (χ1v) is 11.2. The van der Waals surface area contributed by atoms with Crippen molar-refractivity contribution in [3.63, 3.8) is 0 Å². The highest BCUT2D eigenvalue weighted by molar-refractivity contribution is 6.00. The summed E-state index contributed by atoms with van der Waals surface area (Å²) in [6, 6.07) is 8.89. The van der Waals surface area contributed by atoms with Crippen molar-refractivity contribution in [2.75, 3.05) is 0 Å². The third kappa shape index (κ3) is 3.22. The van der Waals surface area contributed by atoms with Crippen molar-refractivity contribution in [2.24, 2.45) is 7.05 Å². The fourth-order valence-corrected chi connectivity index (χ4v) is 4.88. The van der Waals surface area contributed by atoms with E-state index < -0.39 is 0 Å². The Morgan fingerprint density at radius 1 is 1.06 bits per heavy atom. The highest BCUT2D eigenvalue weighted by Crippen LogP contribution is 2.44. The van der Waals surface area contributed by atoms with Crippen molar-refractivity contribution >= 4 is 17.1 Å². The Labute approximate surface area is 189 Å². The maximum absolute atomic E-state index is 5.51. The summed E-state index contributed by atoms with van der Waals surface area (Å²) in [5.74, 6) is 2.59. The van der Waals surface area contributed by atoms with Crippen LogP contribution in [0.15, 0.2) is 47.5 Å². The highest BCUT2D eigenvalue weighted by atomic mass is 16.5. The summed E-state index contributed by atoms with van der Waals surface area (Å²) in [7, 11) is 2.16. The Morgan fingerprint density at radius 3 is 2.47 bits per heavy atom. The van der Waals surface area contributed by atoms with Gasteiger partial charge in [0.2, 0.25) is 0 Å². The van der Waals surface area contributed by atoms with Crippen molar-refractivity contribution in [3.8, 4) is 22.3 Å². The molecule has 2 aromatic carbocycles. The lowest BCUT2D eigenvalue weighted by Crippen LogP contribution is -1.99. The molecule has 0 atom stereocenters. The first-order valence-electron chi connectivity index (χ1n) is 11.2. The van der Waals surface area contributed by atoms with E-state index in [0.717, 1.165) is 28.1 Å². The molecule has 0 N–H and O–H groups in total. The Kier molecular flexibility index (Phi) is 4.89. The van der Waals surface area contributed by atoms with Gasteiger partial charge < -0.3 is 9.09 Å². The predicted octanol–water partition coefficient (Wildman–Crippen LogP) is 7.21. The van der Waals surface area contributed by atoms with Gasteiger partial charge in [0, 0.05) is 24.1 Å². The summed E-state index contributed by atoms with van der Waals surface area (Å²) in [6.45, 7) is 12.2. The Hall–Kier alpha value is -3.40. The zero-order valence-corrected chi connectivity index (χ0v) is 19.5. The van der Waals surface area contributed by atoms with Crippen molar-refractivity contribution in [1.29, 1.82) is 0 Å². The maximum Gasteiger partial charge on any atom is 0.141 e. The van der Waals surface area contributed by atoms with Crippen molar-refractivity contribution in [1.82, 2.24) is 14.7 Å². The van der Waals surface area contributed by atoms with Gasteiger partial charge in [-0.25, -0.2) is 4.98 Å². The molecule has 5 rings (SSSR count). The van der Waals surface area contributed by atoms with Crippen LogP contribution in [-0.4, -0.2) is 14.7 Å². The molecular weight excluding hydrogens is 394 g/mol. The summed E-state index contributed by atoms with van der Waals surface area (Å²) >= 11 is 0. The van der Waals surface area contributed by atoms with Crippen LogP contribution in [0.2, 0.25) is 0 Å². The fourth-order valence-electron chi connectivity index (χ4n) is 4.88. The van der Waals surface area contributed by atoms with E-state index in [0.29, 0.717) is 5.92 Å². The number of imidazole rings is 1. The maximum atomic E-state index is 5.51. The molecule has 162 valence electrons. The van der Waals surface area contributed by atoms with Gasteiger partial charge in [0.1, 0.15) is 11.6 Å². The van der Waals surface area contributed by atoms with Gasteiger partial charge >= 0.3 is 0 Å². The third-order valence-electron chi connectivity index (χ3n) is 6.61. The summed E-state index contributed by atoms with van der Waals surface area (Å²) in [4.78, 5) is 5.11. The molecular formula is C28H29N3O. The van der Waals surface area contributed by atoms with Gasteiger partial charge in [0.15, 0.2) is 0 Å². The van der Waals surface area contributed by atoms with Crippen LogP contribution in [0.3, 0.4) is 0 Å². The quantitative estimate of drug-likeness (QED) is 0.319. The lowest BCUT2D eigenvalue weighted by atomic mass is 9.88. The van der Waals surface area contributed by atoms with E-state index in [-0.39, 0.29) is 0 Å². The van der Waals surface area contributed by atoms with E-state index in [1.807, 2.05) is 26.0 Å². The molecule has 0 spiro atoms. The molecule has 1 aliphatic carbocycles. The van der Waals surface area contributed by atoms with E-state index in [9.17, 15) is 0 Å². The molecule has 0 bridgehead atoms. The van der Waals surface area contributed by atoms with Gasteiger partial charge in [-0.3, -0.25) is 0 Å². The second-order valence-electron chi connectivity index (χ2n) is 8.98. The molecule has 0 radical (unpaired) electrons. The molecule has 1 aliphatic rings. The van der Waals surface area contributed by atoms with E-state index in [1.54, 1.807) is 0 Å². The smallest absolute Gasteiger partial charge is 0.141 e. The van der Waals surface area contributed by atoms with Gasteiger partial charge in [-0.2, -0.15) is 0 Å². The molecule has 1 saturated carbocycles. The molecule has 2 aromatic heterocycles. The molecule has 4 aromatic rings. The van der Waals surface area contributed by atoms with Crippen molar-refractivity contribution < 1.29 is 4.52 Å². The standard InChI is InChI=1S/C28H29N3O/c1-7-8-9-22-16(2)10-11-17(3)25(22)23-14-21(26-18(4)30-32-19(26)5)15-24-27(23)31(6)28(29-24)20-12-13-20/h7-11,14-15,20H,1,12-13H2,2-6H3/b9-8-. The fraction of sp³-hybridized carbons (Fsp3) is 0.286. The molecule has 2 heterocycles. The molecule has 4 heteroatoms. The van der Waals surface area contributed by atoms with Gasteiger partial charge in [-0.05, 0) is 80.5 Å². The summed E-state index contributed by atoms with van der Waals surface area (Å²) < 4.78 is 7.81. The number of rotatable bonds is 5. The number of benzene rings is 2. The SMILES string of the molecule is C=C/C=C\c1c(C)ccc(C)c1-c1cc(-c2c(C)noc2C)cc2nc(C3CC3)n(C)c12. The van der Waals surface area contributed by atoms with Crippen molar-refractivity contribution in [2.45, 2.75) is 46.5 Å². The lowest BCUT2D eigenvalue weighted by Gasteiger charge is -2.17. The molecule has 0 amide bonds. The number of aromatic nitrogens is 3. The minimum absolute atomic E-state index is 0.571. The molecule has 0 aliphatic heterocycles. The first-order chi connectivity index (χ1) is 15.4. The molecule has 32 heavy (non-hydrogen) atoms. The van der Waals surface area contributed by atoms with E-state index in [2.05, 4.69) is 67.5 Å². The third-order valence-corrected chi connectivity index (χ3v) is 6.61. The zero-order chi connectivity index (χ0) is 22.6. The molecule has 1 fully saturated rings. The van der Waals surface area contributed by atoms with E-state index in [4.69, 9.17) is 9.51 Å². The monoisotopic (exact) mass is 423 g/mol. The Balaban J connectivity index is 1.90. The van der Waals surface area contributed by atoms with Crippen LogP contribution < -0.4 is 0 Å². The van der Waals surface area contributed by atoms with Crippen LogP contribution in [0, 0.1) is 27.7 Å². The number of hydrogen-bond acceptors (Lipinski definition) is 3. The minimum Gasteiger partial charge on any atom is -0.361 e. The summed E-state index contributed by atoms with van der Waals surface area (Å²) in [5, 5.41) is 4.20. The summed E-state index contributed by atoms with van der Waals surface area (Å²) in [5.41, 5.74) is 11.4. The van der Waals surface area contributed by atoms with Gasteiger partial charge in [0.25, 0.3) is 0 Å². The Bertz CT molecular complexity index is 1380. The first kappa shape index (κ1) is 20.5. The van der Waals surface area contributed by atoms with Crippen molar-refractivity contribution in [3.05, 3.63) is 77.0 Å². The van der Waals surface area contributed by atoms with E-state index >= 15 is 0 Å². The number of aryl methyl sites for hydroxylation is 5. The lowest BCUT2D eigenvalue weighted by molar-refractivity contribution is 0.393. The number of fused-ring (bicyclic) bond motifs is 1.